The van der Waals surface area contributed by atoms with Crippen molar-refractivity contribution in [3.05, 3.63) is 23.3 Å². The minimum Gasteiger partial charge on any atom is -0.504 e. The van der Waals surface area contributed by atoms with Gasteiger partial charge in [-0.2, -0.15) is 0 Å². The number of hydrogen-bond acceptors (Lipinski definition) is 2. The Morgan fingerprint density at radius 2 is 1.68 bits per heavy atom. The van der Waals surface area contributed by atoms with Crippen LogP contribution in [-0.4, -0.2) is 12.2 Å². The van der Waals surface area contributed by atoms with Gasteiger partial charge in [-0.1, -0.05) is 41.5 Å². The van der Waals surface area contributed by atoms with E-state index in [9.17, 15) is 5.11 Å². The van der Waals surface area contributed by atoms with Crippen molar-refractivity contribution in [2.45, 2.75) is 66.2 Å². The monoisotopic (exact) mass is 266 g/mol. The lowest BCUT2D eigenvalue weighted by molar-refractivity contribution is 0.365. The van der Waals surface area contributed by atoms with Crippen molar-refractivity contribution >= 4 is 0 Å². The SMILES string of the molecule is CC.CC.COc1cc2c(cc1O)CCCC2(C)C. The number of rotatable bonds is 1. The highest BCUT2D eigenvalue weighted by Crippen LogP contribution is 2.41. The molecule has 19 heavy (non-hydrogen) atoms. The van der Waals surface area contributed by atoms with Gasteiger partial charge in [-0.3, -0.25) is 0 Å². The molecule has 110 valence electrons. The van der Waals surface area contributed by atoms with E-state index in [1.807, 2.05) is 39.8 Å². The predicted octanol–water partition coefficient (Wildman–Crippen LogP) is 5.07. The molecule has 1 aliphatic carbocycles. The van der Waals surface area contributed by atoms with Crippen LogP contribution in [0.1, 0.15) is 65.5 Å². The highest BCUT2D eigenvalue weighted by Gasteiger charge is 2.28. The van der Waals surface area contributed by atoms with Gasteiger partial charge in [-0.25, -0.2) is 0 Å². The van der Waals surface area contributed by atoms with Crippen LogP contribution in [0.3, 0.4) is 0 Å². The Morgan fingerprint density at radius 1 is 1.11 bits per heavy atom. The van der Waals surface area contributed by atoms with Crippen molar-refractivity contribution in [3.8, 4) is 11.5 Å². The van der Waals surface area contributed by atoms with Crippen LogP contribution in [0, 0.1) is 0 Å². The number of hydrogen-bond donors (Lipinski definition) is 1. The number of ether oxygens (including phenoxy) is 1. The van der Waals surface area contributed by atoms with E-state index in [0.29, 0.717) is 5.75 Å². The molecule has 1 aromatic rings. The maximum absolute atomic E-state index is 9.71. The van der Waals surface area contributed by atoms with Crippen molar-refractivity contribution in [1.29, 1.82) is 0 Å². The Labute approximate surface area is 118 Å². The maximum Gasteiger partial charge on any atom is 0.160 e. The Morgan fingerprint density at radius 3 is 2.21 bits per heavy atom. The third kappa shape index (κ3) is 4.15. The highest BCUT2D eigenvalue weighted by atomic mass is 16.5. The molecule has 0 aliphatic heterocycles. The second-order valence-corrected chi connectivity index (χ2v) is 4.92. The smallest absolute Gasteiger partial charge is 0.160 e. The molecule has 0 saturated heterocycles. The largest absolute Gasteiger partial charge is 0.504 e. The molecule has 1 N–H and O–H groups in total. The highest BCUT2D eigenvalue weighted by molar-refractivity contribution is 5.49. The Kier molecular flexibility index (Phi) is 7.58. The molecule has 0 aromatic heterocycles. The van der Waals surface area contributed by atoms with Crippen molar-refractivity contribution < 1.29 is 9.84 Å². The van der Waals surface area contributed by atoms with Crippen molar-refractivity contribution in [2.24, 2.45) is 0 Å². The van der Waals surface area contributed by atoms with Crippen LogP contribution in [0.2, 0.25) is 0 Å². The summed E-state index contributed by atoms with van der Waals surface area (Å²) in [5, 5.41) is 9.71. The summed E-state index contributed by atoms with van der Waals surface area (Å²) >= 11 is 0. The van der Waals surface area contributed by atoms with Crippen molar-refractivity contribution in [1.82, 2.24) is 0 Å². The molecule has 0 unspecified atom stereocenters. The van der Waals surface area contributed by atoms with Gasteiger partial charge in [-0.15, -0.1) is 0 Å². The van der Waals surface area contributed by atoms with E-state index in [0.717, 1.165) is 6.42 Å². The third-order valence-corrected chi connectivity index (χ3v) is 3.38. The fourth-order valence-corrected chi connectivity index (χ4v) is 2.47. The fourth-order valence-electron chi connectivity index (χ4n) is 2.47. The van der Waals surface area contributed by atoms with Gasteiger partial charge in [0.2, 0.25) is 0 Å². The van der Waals surface area contributed by atoms with Crippen LogP contribution in [-0.2, 0) is 11.8 Å². The molecule has 0 heterocycles. The number of phenolic OH excluding ortho intramolecular Hbond substituents is 1. The molecular formula is C17H30O2. The summed E-state index contributed by atoms with van der Waals surface area (Å²) in [5.41, 5.74) is 2.79. The van der Waals surface area contributed by atoms with Crippen LogP contribution in [0.5, 0.6) is 11.5 Å². The van der Waals surface area contributed by atoms with Crippen molar-refractivity contribution in [2.75, 3.05) is 7.11 Å². The first kappa shape index (κ1) is 17.8. The number of aryl methyl sites for hydroxylation is 1. The molecule has 2 rings (SSSR count). The summed E-state index contributed by atoms with van der Waals surface area (Å²) in [6.45, 7) is 12.5. The first-order chi connectivity index (χ1) is 9.04. The van der Waals surface area contributed by atoms with Gasteiger partial charge in [0.05, 0.1) is 7.11 Å². The molecule has 0 radical (unpaired) electrons. The van der Waals surface area contributed by atoms with E-state index in [1.165, 1.54) is 24.0 Å². The lowest BCUT2D eigenvalue weighted by Gasteiger charge is -2.32. The Hall–Kier alpha value is -1.18. The normalized spacial score (nSPS) is 15.1. The Balaban J connectivity index is 0.000000741. The quantitative estimate of drug-likeness (QED) is 0.769. The van der Waals surface area contributed by atoms with Gasteiger partial charge in [0.25, 0.3) is 0 Å². The number of fused-ring (bicyclic) bond motifs is 1. The van der Waals surface area contributed by atoms with E-state index in [1.54, 1.807) is 7.11 Å². The zero-order chi connectivity index (χ0) is 15.1. The second-order valence-electron chi connectivity index (χ2n) is 4.92. The van der Waals surface area contributed by atoms with Gasteiger partial charge in [0, 0.05) is 0 Å². The first-order valence-corrected chi connectivity index (χ1v) is 7.45. The summed E-state index contributed by atoms with van der Waals surface area (Å²) in [4.78, 5) is 0. The maximum atomic E-state index is 9.71. The zero-order valence-electron chi connectivity index (χ0n) is 13.6. The number of aromatic hydroxyl groups is 1. The van der Waals surface area contributed by atoms with Gasteiger partial charge in [0.15, 0.2) is 11.5 Å². The van der Waals surface area contributed by atoms with Gasteiger partial charge in [0.1, 0.15) is 0 Å². The summed E-state index contributed by atoms with van der Waals surface area (Å²) in [6, 6.07) is 3.85. The topological polar surface area (TPSA) is 29.5 Å². The summed E-state index contributed by atoms with van der Waals surface area (Å²) < 4.78 is 5.15. The molecular weight excluding hydrogens is 236 g/mol. The molecule has 0 amide bonds. The first-order valence-electron chi connectivity index (χ1n) is 7.45. The summed E-state index contributed by atoms with van der Waals surface area (Å²) in [7, 11) is 1.59. The number of benzene rings is 1. The molecule has 0 atom stereocenters. The molecule has 1 aromatic carbocycles. The molecule has 0 spiro atoms. The zero-order valence-corrected chi connectivity index (χ0v) is 13.6. The molecule has 0 saturated carbocycles. The van der Waals surface area contributed by atoms with E-state index in [2.05, 4.69) is 13.8 Å². The minimum atomic E-state index is 0.203. The lowest BCUT2D eigenvalue weighted by Crippen LogP contribution is -2.23. The second kappa shape index (κ2) is 8.08. The van der Waals surface area contributed by atoms with Crippen LogP contribution in [0.25, 0.3) is 0 Å². The third-order valence-electron chi connectivity index (χ3n) is 3.38. The van der Waals surface area contributed by atoms with E-state index >= 15 is 0 Å². The standard InChI is InChI=1S/C13H18O2.2C2H6/c1-13(2)6-4-5-9-7-11(14)12(15-3)8-10(9)13;2*1-2/h7-8,14H,4-6H2,1-3H3;2*1-2H3. The number of phenols is 1. The summed E-state index contributed by atoms with van der Waals surface area (Å²) in [5.74, 6) is 0.845. The van der Waals surface area contributed by atoms with E-state index in [4.69, 9.17) is 4.74 Å². The average Bonchev–Trinajstić information content (AvgIpc) is 2.42. The van der Waals surface area contributed by atoms with E-state index < -0.39 is 0 Å². The van der Waals surface area contributed by atoms with Crippen LogP contribution in [0.15, 0.2) is 12.1 Å². The lowest BCUT2D eigenvalue weighted by atomic mass is 9.73. The molecule has 2 nitrogen and oxygen atoms in total. The summed E-state index contributed by atoms with van der Waals surface area (Å²) in [6.07, 6.45) is 3.47. The van der Waals surface area contributed by atoms with Crippen molar-refractivity contribution in [3.63, 3.8) is 0 Å². The Bertz CT molecular complexity index is 381. The predicted molar refractivity (Wildman–Crippen MR) is 83.3 cm³/mol. The molecule has 1 aliphatic rings. The van der Waals surface area contributed by atoms with Crippen LogP contribution < -0.4 is 4.74 Å². The van der Waals surface area contributed by atoms with Crippen LogP contribution in [0.4, 0.5) is 0 Å². The van der Waals surface area contributed by atoms with Gasteiger partial charge >= 0.3 is 0 Å². The van der Waals surface area contributed by atoms with Crippen LogP contribution >= 0.6 is 0 Å². The van der Waals surface area contributed by atoms with Gasteiger partial charge < -0.3 is 9.84 Å². The minimum absolute atomic E-state index is 0.203. The fraction of sp³-hybridized carbons (Fsp3) is 0.647. The average molecular weight is 266 g/mol. The number of methoxy groups -OCH3 is 1. The van der Waals surface area contributed by atoms with Gasteiger partial charge in [-0.05, 0) is 47.9 Å². The van der Waals surface area contributed by atoms with E-state index in [-0.39, 0.29) is 11.2 Å². The molecule has 0 bridgehead atoms. The molecule has 0 fully saturated rings. The molecule has 2 heteroatoms.